The van der Waals surface area contributed by atoms with Crippen LogP contribution >= 0.6 is 15.9 Å². The van der Waals surface area contributed by atoms with Crippen LogP contribution < -0.4 is 9.64 Å². The van der Waals surface area contributed by atoms with E-state index in [0.717, 1.165) is 15.9 Å². The lowest BCUT2D eigenvalue weighted by atomic mass is 9.88. The van der Waals surface area contributed by atoms with Gasteiger partial charge in [0.05, 0.1) is 12.6 Å². The summed E-state index contributed by atoms with van der Waals surface area (Å²) in [6.07, 6.45) is 2.38. The van der Waals surface area contributed by atoms with E-state index in [-0.39, 0.29) is 29.8 Å². The van der Waals surface area contributed by atoms with Crippen molar-refractivity contribution in [2.24, 2.45) is 11.8 Å². The van der Waals surface area contributed by atoms with Crippen LogP contribution in [0.4, 0.5) is 5.69 Å². The summed E-state index contributed by atoms with van der Waals surface area (Å²) in [6.45, 7) is 13.3. The van der Waals surface area contributed by atoms with Gasteiger partial charge in [-0.1, -0.05) is 68.4 Å². The molecule has 6 heteroatoms. The maximum atomic E-state index is 14.0. The first-order valence-electron chi connectivity index (χ1n) is 11.7. The van der Waals surface area contributed by atoms with Crippen molar-refractivity contribution < 1.29 is 14.3 Å². The highest BCUT2D eigenvalue weighted by molar-refractivity contribution is 9.10. The number of rotatable bonds is 7. The predicted octanol–water partition coefficient (Wildman–Crippen LogP) is 6.16. The minimum absolute atomic E-state index is 0.0627. The van der Waals surface area contributed by atoms with Crippen molar-refractivity contribution in [2.75, 3.05) is 18.1 Å². The van der Waals surface area contributed by atoms with E-state index in [0.29, 0.717) is 19.6 Å². The van der Waals surface area contributed by atoms with Crippen molar-refractivity contribution in [2.45, 2.75) is 52.0 Å². The molecule has 0 radical (unpaired) electrons. The molecule has 176 valence electrons. The summed E-state index contributed by atoms with van der Waals surface area (Å²) < 4.78 is 13.3. The Morgan fingerprint density at radius 3 is 2.61 bits per heavy atom. The number of fused-ring (bicyclic) bond motifs is 1. The number of carbonyl (C=O) groups is 1. The van der Waals surface area contributed by atoms with E-state index >= 15 is 0 Å². The average molecular weight is 513 g/mol. The molecule has 4 rings (SSSR count). The fourth-order valence-electron chi connectivity index (χ4n) is 5.32. The van der Waals surface area contributed by atoms with E-state index in [1.165, 1.54) is 5.56 Å². The molecule has 5 nitrogen and oxygen atoms in total. The zero-order valence-corrected chi connectivity index (χ0v) is 21.4. The molecule has 2 aliphatic heterocycles. The minimum atomic E-state index is -0.838. The first kappa shape index (κ1) is 24.0. The molecule has 2 aromatic rings. The SMILES string of the molecule is C=CCOc1ccc(N2C(=O)[C@H](C(C)C)N3[C@H](c4cccc(Br)c4)[C@H](C)CO[C@@]23CC)cc1. The molecule has 2 saturated heterocycles. The van der Waals surface area contributed by atoms with Crippen LogP contribution in [-0.4, -0.2) is 35.9 Å². The second kappa shape index (κ2) is 9.61. The van der Waals surface area contributed by atoms with Crippen LogP contribution in [0.3, 0.4) is 0 Å². The molecule has 2 fully saturated rings. The average Bonchev–Trinajstić information content (AvgIpc) is 3.06. The molecule has 1 amide bonds. The third kappa shape index (κ3) is 4.13. The van der Waals surface area contributed by atoms with Gasteiger partial charge >= 0.3 is 0 Å². The molecule has 33 heavy (non-hydrogen) atoms. The van der Waals surface area contributed by atoms with Crippen molar-refractivity contribution in [3.05, 3.63) is 71.2 Å². The molecule has 0 aliphatic carbocycles. The summed E-state index contributed by atoms with van der Waals surface area (Å²) >= 11 is 3.64. The largest absolute Gasteiger partial charge is 0.490 e. The first-order valence-corrected chi connectivity index (χ1v) is 12.5. The van der Waals surface area contributed by atoms with Gasteiger partial charge in [-0.15, -0.1) is 0 Å². The van der Waals surface area contributed by atoms with Gasteiger partial charge in [0, 0.05) is 22.6 Å². The Balaban J connectivity index is 1.82. The molecular formula is C27H33BrN2O3. The smallest absolute Gasteiger partial charge is 0.248 e. The van der Waals surface area contributed by atoms with Gasteiger partial charge in [0.2, 0.25) is 11.8 Å². The number of ether oxygens (including phenoxy) is 2. The van der Waals surface area contributed by atoms with Gasteiger partial charge in [-0.2, -0.15) is 0 Å². The summed E-state index contributed by atoms with van der Waals surface area (Å²) in [5.41, 5.74) is 2.02. The minimum Gasteiger partial charge on any atom is -0.490 e. The third-order valence-electron chi connectivity index (χ3n) is 6.69. The molecule has 2 aromatic carbocycles. The Bertz CT molecular complexity index is 1010. The number of hydrogen-bond donors (Lipinski definition) is 0. The number of carbonyl (C=O) groups excluding carboxylic acids is 1. The molecule has 0 bridgehead atoms. The number of hydrogen-bond acceptors (Lipinski definition) is 4. The van der Waals surface area contributed by atoms with Gasteiger partial charge in [0.15, 0.2) is 0 Å². The Morgan fingerprint density at radius 1 is 1.27 bits per heavy atom. The summed E-state index contributed by atoms with van der Waals surface area (Å²) in [4.78, 5) is 18.3. The standard InChI is InChI=1S/C27H33BrN2O3/c1-6-15-32-23-13-11-22(12-14-23)29-26(31)24(18(3)4)30-25(20-9-8-10-21(28)16-20)19(5)17-33-27(29,30)7-2/h6,8-14,16,18-19,24-25H,1,7,15,17H2,2-5H3/t19-,24+,25+,27+/m1/s1. The van der Waals surface area contributed by atoms with E-state index in [1.54, 1.807) is 6.08 Å². The fraction of sp³-hybridized carbons (Fsp3) is 0.444. The van der Waals surface area contributed by atoms with E-state index in [1.807, 2.05) is 35.2 Å². The third-order valence-corrected chi connectivity index (χ3v) is 7.18. The molecule has 2 aliphatic rings. The van der Waals surface area contributed by atoms with Crippen LogP contribution in [0.1, 0.15) is 45.7 Å². The number of amides is 1. The summed E-state index contributed by atoms with van der Waals surface area (Å²) in [6, 6.07) is 15.9. The fourth-order valence-corrected chi connectivity index (χ4v) is 5.74. The highest BCUT2D eigenvalue weighted by Crippen LogP contribution is 2.51. The van der Waals surface area contributed by atoms with Gasteiger partial charge in [0.25, 0.3) is 0 Å². The van der Waals surface area contributed by atoms with Crippen LogP contribution in [0.2, 0.25) is 0 Å². The molecule has 0 aromatic heterocycles. The molecule has 0 saturated carbocycles. The zero-order chi connectivity index (χ0) is 23.8. The quantitative estimate of drug-likeness (QED) is 0.416. The van der Waals surface area contributed by atoms with Gasteiger partial charge in [-0.25, -0.2) is 4.90 Å². The highest BCUT2D eigenvalue weighted by Gasteiger charge is 2.63. The monoisotopic (exact) mass is 512 g/mol. The van der Waals surface area contributed by atoms with E-state index in [9.17, 15) is 4.79 Å². The van der Waals surface area contributed by atoms with Crippen LogP contribution in [0, 0.1) is 11.8 Å². The molecular weight excluding hydrogens is 480 g/mol. The lowest BCUT2D eigenvalue weighted by molar-refractivity contribution is -0.220. The number of nitrogens with zero attached hydrogens (tertiary/aromatic N) is 2. The molecule has 2 heterocycles. The van der Waals surface area contributed by atoms with Crippen LogP contribution in [0.15, 0.2) is 65.7 Å². The van der Waals surface area contributed by atoms with E-state index in [4.69, 9.17) is 9.47 Å². The van der Waals surface area contributed by atoms with Gasteiger partial charge in [-0.05, 0) is 53.8 Å². The van der Waals surface area contributed by atoms with Crippen molar-refractivity contribution >= 4 is 27.5 Å². The van der Waals surface area contributed by atoms with Crippen LogP contribution in [0.5, 0.6) is 5.75 Å². The molecule has 4 atom stereocenters. The maximum Gasteiger partial charge on any atom is 0.248 e. The van der Waals surface area contributed by atoms with Crippen LogP contribution in [-0.2, 0) is 9.53 Å². The van der Waals surface area contributed by atoms with Gasteiger partial charge in [0.1, 0.15) is 12.4 Å². The second-order valence-electron chi connectivity index (χ2n) is 9.25. The van der Waals surface area contributed by atoms with E-state index < -0.39 is 5.85 Å². The number of anilines is 1. The van der Waals surface area contributed by atoms with Crippen LogP contribution in [0.25, 0.3) is 0 Å². The van der Waals surface area contributed by atoms with Gasteiger partial charge < -0.3 is 9.47 Å². The highest BCUT2D eigenvalue weighted by atomic mass is 79.9. The summed E-state index contributed by atoms with van der Waals surface area (Å²) in [5.74, 6) is 0.364. The second-order valence-corrected chi connectivity index (χ2v) is 10.2. The lowest BCUT2D eigenvalue weighted by Crippen LogP contribution is -2.62. The summed E-state index contributed by atoms with van der Waals surface area (Å²) in [5, 5.41) is 0. The first-order chi connectivity index (χ1) is 15.8. The normalized spacial score (nSPS) is 27.6. The predicted molar refractivity (Wildman–Crippen MR) is 135 cm³/mol. The Morgan fingerprint density at radius 2 is 2.00 bits per heavy atom. The zero-order valence-electron chi connectivity index (χ0n) is 19.8. The Labute approximate surface area is 205 Å². The van der Waals surface area contributed by atoms with Crippen molar-refractivity contribution in [1.29, 1.82) is 0 Å². The Kier molecular flexibility index (Phi) is 6.99. The molecule has 0 unspecified atom stereocenters. The number of benzene rings is 2. The summed E-state index contributed by atoms with van der Waals surface area (Å²) in [7, 11) is 0. The number of halogens is 1. The van der Waals surface area contributed by atoms with Gasteiger partial charge in [-0.3, -0.25) is 9.69 Å². The maximum absolute atomic E-state index is 14.0. The Hall–Kier alpha value is -2.15. The molecule has 0 N–H and O–H groups in total. The van der Waals surface area contributed by atoms with Crippen molar-refractivity contribution in [1.82, 2.24) is 4.90 Å². The van der Waals surface area contributed by atoms with Crippen molar-refractivity contribution in [3.63, 3.8) is 0 Å². The molecule has 0 spiro atoms. The lowest BCUT2D eigenvalue weighted by Gasteiger charge is -2.52. The topological polar surface area (TPSA) is 42.0 Å². The van der Waals surface area contributed by atoms with Crippen molar-refractivity contribution in [3.8, 4) is 5.75 Å². The van der Waals surface area contributed by atoms with E-state index in [2.05, 4.69) is 73.3 Å².